The van der Waals surface area contributed by atoms with Crippen molar-refractivity contribution in [2.75, 3.05) is 13.4 Å². The molecule has 0 spiro atoms. The van der Waals surface area contributed by atoms with Crippen LogP contribution in [0.15, 0.2) is 23.3 Å². The highest BCUT2D eigenvalue weighted by Gasteiger charge is 2.01. The minimum absolute atomic E-state index is 0.0140. The van der Waals surface area contributed by atoms with Crippen LogP contribution in [-0.2, 0) is 10.0 Å². The van der Waals surface area contributed by atoms with Crippen LogP contribution >= 0.6 is 0 Å². The molecule has 88 valence electrons. The van der Waals surface area contributed by atoms with Crippen LogP contribution in [0.25, 0.3) is 0 Å². The molecule has 0 atom stereocenters. The fraction of sp³-hybridized carbons (Fsp3) is 0.222. The van der Waals surface area contributed by atoms with Crippen LogP contribution in [0.2, 0.25) is 0 Å². The quantitative estimate of drug-likeness (QED) is 0.588. The van der Waals surface area contributed by atoms with Crippen molar-refractivity contribution in [1.82, 2.24) is 4.83 Å². The van der Waals surface area contributed by atoms with Crippen molar-refractivity contribution in [2.24, 2.45) is 5.10 Å². The SMILES string of the molecule is COc1ccc(O)c(C=NNS(C)(=O)=O)c1. The standard InChI is InChI=1S/C9H12N2O4S/c1-15-8-3-4-9(12)7(5-8)6-10-11-16(2,13)14/h3-6,11-12H,1-2H3. The van der Waals surface area contributed by atoms with Crippen molar-refractivity contribution in [2.45, 2.75) is 0 Å². The molecule has 16 heavy (non-hydrogen) atoms. The summed E-state index contributed by atoms with van der Waals surface area (Å²) in [6.45, 7) is 0. The molecule has 7 heteroatoms. The van der Waals surface area contributed by atoms with E-state index in [1.807, 2.05) is 4.83 Å². The van der Waals surface area contributed by atoms with Crippen molar-refractivity contribution in [3.63, 3.8) is 0 Å². The Bertz CT molecular complexity index is 496. The third kappa shape index (κ3) is 3.77. The number of benzene rings is 1. The Hall–Kier alpha value is -1.76. The Kier molecular flexibility index (Phi) is 3.73. The first-order valence-corrected chi connectivity index (χ1v) is 6.18. The Morgan fingerprint density at radius 2 is 2.19 bits per heavy atom. The van der Waals surface area contributed by atoms with Gasteiger partial charge in [-0.1, -0.05) is 0 Å². The molecular formula is C9H12N2O4S. The number of rotatable bonds is 4. The molecule has 0 aromatic heterocycles. The predicted molar refractivity (Wildman–Crippen MR) is 60.2 cm³/mol. The minimum Gasteiger partial charge on any atom is -0.507 e. The number of hydrogen-bond donors (Lipinski definition) is 2. The van der Waals surface area contributed by atoms with Gasteiger partial charge in [-0.25, -0.2) is 13.2 Å². The van der Waals surface area contributed by atoms with E-state index in [2.05, 4.69) is 5.10 Å². The van der Waals surface area contributed by atoms with Crippen molar-refractivity contribution in [3.05, 3.63) is 23.8 Å². The monoisotopic (exact) mass is 244 g/mol. The zero-order valence-corrected chi connectivity index (χ0v) is 9.65. The van der Waals surface area contributed by atoms with Crippen LogP contribution in [0.3, 0.4) is 0 Å². The van der Waals surface area contributed by atoms with Crippen molar-refractivity contribution in [3.8, 4) is 11.5 Å². The maximum absolute atomic E-state index is 10.7. The van der Waals surface area contributed by atoms with Gasteiger partial charge in [0, 0.05) is 5.56 Å². The van der Waals surface area contributed by atoms with E-state index in [1.165, 1.54) is 25.5 Å². The van der Waals surface area contributed by atoms with E-state index in [9.17, 15) is 13.5 Å². The van der Waals surface area contributed by atoms with Gasteiger partial charge in [-0.3, -0.25) is 0 Å². The fourth-order valence-electron chi connectivity index (χ4n) is 0.955. The number of hydrogen-bond acceptors (Lipinski definition) is 5. The molecule has 0 aliphatic carbocycles. The highest BCUT2D eigenvalue weighted by Crippen LogP contribution is 2.20. The molecule has 1 aromatic carbocycles. The molecule has 0 bridgehead atoms. The summed E-state index contributed by atoms with van der Waals surface area (Å²) in [7, 11) is -1.90. The molecule has 1 rings (SSSR count). The van der Waals surface area contributed by atoms with E-state index in [1.54, 1.807) is 6.07 Å². The van der Waals surface area contributed by atoms with E-state index < -0.39 is 10.0 Å². The summed E-state index contributed by atoms with van der Waals surface area (Å²) >= 11 is 0. The smallest absolute Gasteiger partial charge is 0.244 e. The van der Waals surface area contributed by atoms with Gasteiger partial charge in [0.2, 0.25) is 10.0 Å². The summed E-state index contributed by atoms with van der Waals surface area (Å²) in [6.07, 6.45) is 2.18. The fourth-order valence-corrected chi connectivity index (χ4v) is 1.20. The van der Waals surface area contributed by atoms with E-state index in [0.29, 0.717) is 11.3 Å². The zero-order valence-electron chi connectivity index (χ0n) is 8.84. The average Bonchev–Trinajstić information content (AvgIpc) is 2.19. The van der Waals surface area contributed by atoms with Gasteiger partial charge < -0.3 is 9.84 Å². The van der Waals surface area contributed by atoms with Gasteiger partial charge in [-0.05, 0) is 18.2 Å². The zero-order chi connectivity index (χ0) is 12.2. The lowest BCUT2D eigenvalue weighted by Gasteiger charge is -2.02. The van der Waals surface area contributed by atoms with E-state index >= 15 is 0 Å². The number of nitrogens with one attached hydrogen (secondary N) is 1. The summed E-state index contributed by atoms with van der Waals surface area (Å²) in [5.74, 6) is 0.526. The molecule has 0 unspecified atom stereocenters. The molecule has 0 heterocycles. The highest BCUT2D eigenvalue weighted by atomic mass is 32.2. The maximum Gasteiger partial charge on any atom is 0.244 e. The summed E-state index contributed by atoms with van der Waals surface area (Å²) in [6, 6.07) is 4.54. The van der Waals surface area contributed by atoms with Crippen LogP contribution in [0.1, 0.15) is 5.56 Å². The lowest BCUT2D eigenvalue weighted by molar-refractivity contribution is 0.412. The second-order valence-electron chi connectivity index (χ2n) is 3.05. The van der Waals surface area contributed by atoms with Crippen molar-refractivity contribution >= 4 is 16.2 Å². The number of ether oxygens (including phenoxy) is 1. The third-order valence-corrected chi connectivity index (χ3v) is 2.09. The Labute approximate surface area is 93.6 Å². The Morgan fingerprint density at radius 1 is 1.50 bits per heavy atom. The number of nitrogens with zero attached hydrogens (tertiary/aromatic N) is 1. The second kappa shape index (κ2) is 4.84. The molecule has 2 N–H and O–H groups in total. The molecule has 6 nitrogen and oxygen atoms in total. The number of hydrazone groups is 1. The Morgan fingerprint density at radius 3 is 2.75 bits per heavy atom. The molecule has 0 radical (unpaired) electrons. The topological polar surface area (TPSA) is 88.0 Å². The van der Waals surface area contributed by atoms with Gasteiger partial charge in [-0.15, -0.1) is 0 Å². The van der Waals surface area contributed by atoms with Gasteiger partial charge in [0.1, 0.15) is 11.5 Å². The molecular weight excluding hydrogens is 232 g/mol. The maximum atomic E-state index is 10.7. The number of sulfonamides is 1. The number of phenols is 1. The lowest BCUT2D eigenvalue weighted by Crippen LogP contribution is -2.15. The molecule has 0 saturated heterocycles. The van der Waals surface area contributed by atoms with Crippen LogP contribution < -0.4 is 9.57 Å². The predicted octanol–water partition coefficient (Wildman–Crippen LogP) is 0.284. The summed E-state index contributed by atoms with van der Waals surface area (Å²) in [5.41, 5.74) is 0.357. The van der Waals surface area contributed by atoms with Gasteiger partial charge in [0.15, 0.2) is 0 Å². The minimum atomic E-state index is -3.38. The number of phenolic OH excluding ortho intramolecular Hbond substituents is 1. The summed E-state index contributed by atoms with van der Waals surface area (Å²) in [4.78, 5) is 1.92. The van der Waals surface area contributed by atoms with Gasteiger partial charge in [0.05, 0.1) is 19.6 Å². The van der Waals surface area contributed by atoms with Crippen molar-refractivity contribution < 1.29 is 18.3 Å². The van der Waals surface area contributed by atoms with Gasteiger partial charge >= 0.3 is 0 Å². The largest absolute Gasteiger partial charge is 0.507 e. The van der Waals surface area contributed by atoms with E-state index in [4.69, 9.17) is 4.74 Å². The Balaban J connectivity index is 2.88. The molecule has 0 saturated carbocycles. The van der Waals surface area contributed by atoms with Crippen molar-refractivity contribution in [1.29, 1.82) is 0 Å². The first-order valence-electron chi connectivity index (χ1n) is 4.29. The molecule has 0 aliphatic heterocycles. The molecule has 0 amide bonds. The van der Waals surface area contributed by atoms with E-state index in [-0.39, 0.29) is 5.75 Å². The third-order valence-electron chi connectivity index (χ3n) is 1.66. The first-order chi connectivity index (χ1) is 7.42. The normalized spacial score (nSPS) is 11.6. The number of aromatic hydroxyl groups is 1. The van der Waals surface area contributed by atoms with Gasteiger partial charge in [-0.2, -0.15) is 5.10 Å². The highest BCUT2D eigenvalue weighted by molar-refractivity contribution is 7.88. The van der Waals surface area contributed by atoms with E-state index in [0.717, 1.165) is 6.26 Å². The summed E-state index contributed by atoms with van der Waals surface area (Å²) < 4.78 is 26.4. The molecule has 0 fully saturated rings. The van der Waals surface area contributed by atoms with Crippen LogP contribution in [0.4, 0.5) is 0 Å². The lowest BCUT2D eigenvalue weighted by atomic mass is 10.2. The molecule has 1 aromatic rings. The van der Waals surface area contributed by atoms with Crippen LogP contribution in [-0.4, -0.2) is 33.1 Å². The molecule has 0 aliphatic rings. The number of methoxy groups -OCH3 is 1. The van der Waals surface area contributed by atoms with Gasteiger partial charge in [0.25, 0.3) is 0 Å². The summed E-state index contributed by atoms with van der Waals surface area (Å²) in [5, 5.41) is 12.9. The first kappa shape index (κ1) is 12.3. The van der Waals surface area contributed by atoms with Crippen LogP contribution in [0.5, 0.6) is 11.5 Å². The second-order valence-corrected chi connectivity index (χ2v) is 4.77. The van der Waals surface area contributed by atoms with Crippen LogP contribution in [0, 0.1) is 0 Å². The average molecular weight is 244 g/mol.